The van der Waals surface area contributed by atoms with Crippen molar-refractivity contribution in [2.75, 3.05) is 25.6 Å². The highest BCUT2D eigenvalue weighted by molar-refractivity contribution is 7.22. The number of carbonyl (C=O) groups excluding carboxylic acids is 1. The molecule has 0 saturated carbocycles. The number of nitrogens with one attached hydrogen (secondary N) is 2. The molecule has 2 N–H and O–H groups in total. The molecule has 0 bridgehead atoms. The Labute approximate surface area is 164 Å². The summed E-state index contributed by atoms with van der Waals surface area (Å²) in [6.45, 7) is 0.901. The van der Waals surface area contributed by atoms with Gasteiger partial charge in [0.15, 0.2) is 5.13 Å². The summed E-state index contributed by atoms with van der Waals surface area (Å²) in [5.41, 5.74) is 2.70. The number of ether oxygens (including phenoxy) is 1. The molecule has 0 spiro atoms. The lowest BCUT2D eigenvalue weighted by Crippen LogP contribution is -2.26. The maximum Gasteiger partial charge on any atom is 0.251 e. The first-order valence-corrected chi connectivity index (χ1v) is 9.43. The normalized spacial score (nSPS) is 11.2. The van der Waals surface area contributed by atoms with Crippen LogP contribution in [-0.4, -0.2) is 40.7 Å². The van der Waals surface area contributed by atoms with Crippen molar-refractivity contribution in [1.29, 1.82) is 0 Å². The summed E-state index contributed by atoms with van der Waals surface area (Å²) in [5.74, 6) is 0.0992. The summed E-state index contributed by atoms with van der Waals surface area (Å²) in [6.07, 6.45) is 0. The molecule has 0 aliphatic heterocycles. The number of anilines is 2. The van der Waals surface area contributed by atoms with Gasteiger partial charge in [-0.1, -0.05) is 11.3 Å². The number of carbonyl (C=O) groups is 1. The number of imidazole rings is 1. The lowest BCUT2D eigenvalue weighted by Gasteiger charge is -2.04. The fourth-order valence-electron chi connectivity index (χ4n) is 2.87. The molecule has 0 saturated heterocycles. The number of thiazole rings is 1. The average molecular weight is 399 g/mol. The van der Waals surface area contributed by atoms with E-state index < -0.39 is 0 Å². The molecule has 2 aromatic heterocycles. The standard InChI is InChI=1S/C19H18FN5O2S/c1-25-15-5-3-11(17(26)21-7-8-27-2)9-13(15)22-18(25)24-19-23-14-10-12(20)4-6-16(14)28-19/h3-6,9-10H,7-8H2,1-2H3,(H,21,26)(H,22,23,24). The van der Waals surface area contributed by atoms with Gasteiger partial charge in [-0.2, -0.15) is 0 Å². The summed E-state index contributed by atoms with van der Waals surface area (Å²) in [6, 6.07) is 9.88. The van der Waals surface area contributed by atoms with E-state index in [-0.39, 0.29) is 11.7 Å². The second-order valence-electron chi connectivity index (χ2n) is 6.20. The zero-order valence-electron chi connectivity index (χ0n) is 15.3. The molecule has 28 heavy (non-hydrogen) atoms. The van der Waals surface area contributed by atoms with Gasteiger partial charge in [0.2, 0.25) is 5.95 Å². The monoisotopic (exact) mass is 399 g/mol. The minimum Gasteiger partial charge on any atom is -0.383 e. The van der Waals surface area contributed by atoms with Crippen LogP contribution in [0.2, 0.25) is 0 Å². The molecule has 0 unspecified atom stereocenters. The topological polar surface area (TPSA) is 81.1 Å². The molecule has 4 rings (SSSR count). The SMILES string of the molecule is COCCNC(=O)c1ccc2c(c1)nc(Nc1nc3cc(F)ccc3s1)n2C. The maximum absolute atomic E-state index is 13.4. The van der Waals surface area contributed by atoms with Gasteiger partial charge in [-0.15, -0.1) is 0 Å². The van der Waals surface area contributed by atoms with Crippen molar-refractivity contribution < 1.29 is 13.9 Å². The van der Waals surface area contributed by atoms with E-state index in [4.69, 9.17) is 4.74 Å². The number of halogens is 1. The quantitative estimate of drug-likeness (QED) is 0.486. The second kappa shape index (κ2) is 7.53. The minimum absolute atomic E-state index is 0.174. The van der Waals surface area contributed by atoms with Crippen LogP contribution < -0.4 is 10.6 Å². The first kappa shape index (κ1) is 18.3. The molecule has 0 radical (unpaired) electrons. The fourth-order valence-corrected chi connectivity index (χ4v) is 3.71. The molecule has 4 aromatic rings. The van der Waals surface area contributed by atoms with Crippen LogP contribution in [0.25, 0.3) is 21.3 Å². The Kier molecular flexibility index (Phi) is 4.93. The van der Waals surface area contributed by atoms with Crippen molar-refractivity contribution in [1.82, 2.24) is 19.9 Å². The zero-order valence-corrected chi connectivity index (χ0v) is 16.1. The maximum atomic E-state index is 13.4. The number of aromatic nitrogens is 3. The molecule has 144 valence electrons. The molecule has 0 fully saturated rings. The number of fused-ring (bicyclic) bond motifs is 2. The Morgan fingerprint density at radius 1 is 1.21 bits per heavy atom. The Balaban J connectivity index is 1.60. The molecule has 0 atom stereocenters. The number of methoxy groups -OCH3 is 1. The number of aryl methyl sites for hydroxylation is 1. The van der Waals surface area contributed by atoms with E-state index in [1.807, 2.05) is 17.7 Å². The first-order valence-electron chi connectivity index (χ1n) is 8.62. The van der Waals surface area contributed by atoms with Crippen LogP contribution in [0.15, 0.2) is 36.4 Å². The van der Waals surface area contributed by atoms with E-state index in [0.29, 0.717) is 40.8 Å². The van der Waals surface area contributed by atoms with E-state index in [1.54, 1.807) is 25.3 Å². The Morgan fingerprint density at radius 2 is 2.07 bits per heavy atom. The average Bonchev–Trinajstić information content (AvgIpc) is 3.21. The van der Waals surface area contributed by atoms with Crippen molar-refractivity contribution in [3.8, 4) is 0 Å². The van der Waals surface area contributed by atoms with E-state index >= 15 is 0 Å². The highest BCUT2D eigenvalue weighted by atomic mass is 32.1. The molecule has 9 heteroatoms. The van der Waals surface area contributed by atoms with Gasteiger partial charge < -0.3 is 19.9 Å². The van der Waals surface area contributed by atoms with Crippen LogP contribution in [0.3, 0.4) is 0 Å². The highest BCUT2D eigenvalue weighted by Crippen LogP contribution is 2.29. The second-order valence-corrected chi connectivity index (χ2v) is 7.23. The molecule has 0 aliphatic rings. The number of benzene rings is 2. The summed E-state index contributed by atoms with van der Waals surface area (Å²) in [7, 11) is 3.46. The van der Waals surface area contributed by atoms with Crippen LogP contribution in [-0.2, 0) is 11.8 Å². The van der Waals surface area contributed by atoms with Gasteiger partial charge in [0, 0.05) is 32.3 Å². The van der Waals surface area contributed by atoms with Crippen molar-refractivity contribution in [2.45, 2.75) is 0 Å². The predicted molar refractivity (Wildman–Crippen MR) is 108 cm³/mol. The Bertz CT molecular complexity index is 1170. The molecular weight excluding hydrogens is 381 g/mol. The van der Waals surface area contributed by atoms with E-state index in [0.717, 1.165) is 10.2 Å². The molecule has 2 heterocycles. The third-order valence-electron chi connectivity index (χ3n) is 4.30. The van der Waals surface area contributed by atoms with Crippen molar-refractivity contribution in [3.05, 3.63) is 47.8 Å². The van der Waals surface area contributed by atoms with Crippen LogP contribution in [0.5, 0.6) is 0 Å². The zero-order chi connectivity index (χ0) is 19.7. The van der Waals surface area contributed by atoms with Crippen LogP contribution in [0, 0.1) is 5.82 Å². The van der Waals surface area contributed by atoms with E-state index in [9.17, 15) is 9.18 Å². The number of hydrogen-bond acceptors (Lipinski definition) is 6. The number of amides is 1. The van der Waals surface area contributed by atoms with Gasteiger partial charge >= 0.3 is 0 Å². The van der Waals surface area contributed by atoms with Crippen LogP contribution in [0.1, 0.15) is 10.4 Å². The third-order valence-corrected chi connectivity index (χ3v) is 5.25. The van der Waals surface area contributed by atoms with Gasteiger partial charge in [-0.3, -0.25) is 4.79 Å². The summed E-state index contributed by atoms with van der Waals surface area (Å²) in [5, 5.41) is 6.59. The van der Waals surface area contributed by atoms with Gasteiger partial charge in [0.05, 0.1) is 27.9 Å². The summed E-state index contributed by atoms with van der Waals surface area (Å²) >= 11 is 1.42. The fraction of sp³-hybridized carbons (Fsp3) is 0.211. The lowest BCUT2D eigenvalue weighted by molar-refractivity contribution is 0.0937. The van der Waals surface area contributed by atoms with E-state index in [1.165, 1.54) is 23.5 Å². The van der Waals surface area contributed by atoms with Crippen LogP contribution in [0.4, 0.5) is 15.5 Å². The van der Waals surface area contributed by atoms with Crippen molar-refractivity contribution in [2.24, 2.45) is 7.05 Å². The number of rotatable bonds is 6. The number of hydrogen-bond donors (Lipinski definition) is 2. The molecule has 7 nitrogen and oxygen atoms in total. The Hall–Kier alpha value is -3.04. The van der Waals surface area contributed by atoms with Crippen molar-refractivity contribution >= 4 is 49.6 Å². The van der Waals surface area contributed by atoms with Gasteiger partial charge in [-0.05, 0) is 30.3 Å². The largest absolute Gasteiger partial charge is 0.383 e. The third kappa shape index (κ3) is 3.54. The molecule has 0 aliphatic carbocycles. The van der Waals surface area contributed by atoms with Gasteiger partial charge in [-0.25, -0.2) is 14.4 Å². The smallest absolute Gasteiger partial charge is 0.251 e. The molecule has 2 aromatic carbocycles. The summed E-state index contributed by atoms with van der Waals surface area (Å²) in [4.78, 5) is 21.2. The van der Waals surface area contributed by atoms with E-state index in [2.05, 4.69) is 20.6 Å². The first-order chi connectivity index (χ1) is 13.5. The highest BCUT2D eigenvalue weighted by Gasteiger charge is 2.13. The number of nitrogens with zero attached hydrogens (tertiary/aromatic N) is 3. The predicted octanol–water partition coefficient (Wildman–Crippen LogP) is 3.44. The summed E-state index contributed by atoms with van der Waals surface area (Å²) < 4.78 is 21.1. The lowest BCUT2D eigenvalue weighted by atomic mass is 10.2. The van der Waals surface area contributed by atoms with Gasteiger partial charge in [0.25, 0.3) is 5.91 Å². The van der Waals surface area contributed by atoms with Crippen molar-refractivity contribution in [3.63, 3.8) is 0 Å². The van der Waals surface area contributed by atoms with Crippen LogP contribution >= 0.6 is 11.3 Å². The molecule has 1 amide bonds. The Morgan fingerprint density at radius 3 is 2.89 bits per heavy atom. The molecular formula is C19H18FN5O2S. The minimum atomic E-state index is -0.316. The van der Waals surface area contributed by atoms with Gasteiger partial charge in [0.1, 0.15) is 5.82 Å².